The maximum atomic E-state index is 9.90. The van der Waals surface area contributed by atoms with Crippen LogP contribution in [0.1, 0.15) is 31.9 Å². The second-order valence-corrected chi connectivity index (χ2v) is 6.68. The number of hydrogen-bond acceptors (Lipinski definition) is 2. The van der Waals surface area contributed by atoms with E-state index in [1.54, 1.807) is 12.3 Å². The fourth-order valence-corrected chi connectivity index (χ4v) is 2.05. The number of aromatic hydroxyl groups is 1. The van der Waals surface area contributed by atoms with E-state index in [0.29, 0.717) is 5.69 Å². The molecule has 20 heavy (non-hydrogen) atoms. The first-order valence-electron chi connectivity index (χ1n) is 6.49. The molecule has 2 aromatic carbocycles. The first kappa shape index (κ1) is 14.8. The maximum absolute atomic E-state index is 9.90. The summed E-state index contributed by atoms with van der Waals surface area (Å²) in [5, 5.41) is 9.90. The minimum atomic E-state index is 0.0373. The zero-order valence-electron chi connectivity index (χ0n) is 11.9. The van der Waals surface area contributed by atoms with Gasteiger partial charge in [0.25, 0.3) is 0 Å². The fourth-order valence-electron chi connectivity index (χ4n) is 1.79. The second-order valence-electron chi connectivity index (χ2n) is 5.76. The van der Waals surface area contributed by atoms with Crippen molar-refractivity contribution < 1.29 is 5.11 Å². The van der Waals surface area contributed by atoms with Crippen molar-refractivity contribution >= 4 is 27.8 Å². The highest BCUT2D eigenvalue weighted by Gasteiger charge is 2.14. The number of rotatable bonds is 2. The molecule has 0 bridgehead atoms. The van der Waals surface area contributed by atoms with E-state index in [2.05, 4.69) is 41.7 Å². The normalized spacial score (nSPS) is 12.0. The summed E-state index contributed by atoms with van der Waals surface area (Å²) >= 11 is 3.40. The Bertz CT molecular complexity index is 624. The molecule has 0 saturated heterocycles. The van der Waals surface area contributed by atoms with Crippen molar-refractivity contribution in [2.75, 3.05) is 0 Å². The molecule has 0 atom stereocenters. The van der Waals surface area contributed by atoms with Crippen LogP contribution in [0, 0.1) is 0 Å². The van der Waals surface area contributed by atoms with Gasteiger partial charge in [-0.3, -0.25) is 4.99 Å². The Balaban J connectivity index is 2.31. The van der Waals surface area contributed by atoms with Crippen LogP contribution in [0.15, 0.2) is 51.9 Å². The van der Waals surface area contributed by atoms with Gasteiger partial charge in [0.05, 0.1) is 0 Å². The highest BCUT2D eigenvalue weighted by Crippen LogP contribution is 2.32. The van der Waals surface area contributed by atoms with E-state index in [1.807, 2.05) is 36.4 Å². The van der Waals surface area contributed by atoms with Crippen molar-refractivity contribution in [1.82, 2.24) is 0 Å². The van der Waals surface area contributed by atoms with E-state index in [0.717, 1.165) is 15.6 Å². The fraction of sp³-hybridized carbons (Fsp3) is 0.235. The van der Waals surface area contributed by atoms with Crippen LogP contribution < -0.4 is 0 Å². The summed E-state index contributed by atoms with van der Waals surface area (Å²) in [5.41, 5.74) is 2.78. The summed E-state index contributed by atoms with van der Waals surface area (Å²) in [5.74, 6) is 0.200. The predicted octanol–water partition coefficient (Wildman–Crippen LogP) is 5.20. The minimum Gasteiger partial charge on any atom is -0.506 e. The quantitative estimate of drug-likeness (QED) is 0.753. The smallest absolute Gasteiger partial charge is 0.141 e. The summed E-state index contributed by atoms with van der Waals surface area (Å²) < 4.78 is 1.03. The molecule has 0 aliphatic rings. The lowest BCUT2D eigenvalue weighted by Crippen LogP contribution is -2.10. The summed E-state index contributed by atoms with van der Waals surface area (Å²) in [4.78, 5) is 4.39. The third kappa shape index (κ3) is 3.70. The van der Waals surface area contributed by atoms with Gasteiger partial charge in [-0.25, -0.2) is 0 Å². The van der Waals surface area contributed by atoms with Crippen LogP contribution in [0.5, 0.6) is 5.75 Å². The van der Waals surface area contributed by atoms with Gasteiger partial charge >= 0.3 is 0 Å². The molecule has 3 heteroatoms. The number of phenolic OH excluding ortho intramolecular Hbond substituents is 1. The molecule has 2 aromatic rings. The SMILES string of the molecule is CC(C)(C)c1ccc(O)c(N=Cc2ccc(Br)cc2)c1. The van der Waals surface area contributed by atoms with Gasteiger partial charge in [0.15, 0.2) is 0 Å². The molecule has 2 rings (SSSR count). The molecule has 0 amide bonds. The molecular weight excluding hydrogens is 314 g/mol. The summed E-state index contributed by atoms with van der Waals surface area (Å²) in [6.07, 6.45) is 1.76. The molecule has 0 aliphatic heterocycles. The molecule has 0 aromatic heterocycles. The van der Waals surface area contributed by atoms with Gasteiger partial charge in [-0.1, -0.05) is 54.9 Å². The topological polar surface area (TPSA) is 32.6 Å². The maximum Gasteiger partial charge on any atom is 0.141 e. The Hall–Kier alpha value is -1.61. The highest BCUT2D eigenvalue weighted by molar-refractivity contribution is 9.10. The van der Waals surface area contributed by atoms with Gasteiger partial charge in [-0.15, -0.1) is 0 Å². The molecule has 0 aliphatic carbocycles. The molecule has 2 nitrogen and oxygen atoms in total. The van der Waals surface area contributed by atoms with Gasteiger partial charge in [0, 0.05) is 10.7 Å². The van der Waals surface area contributed by atoms with E-state index in [4.69, 9.17) is 0 Å². The van der Waals surface area contributed by atoms with Crippen LogP contribution in [0.25, 0.3) is 0 Å². The molecule has 0 saturated carbocycles. The first-order valence-corrected chi connectivity index (χ1v) is 7.29. The van der Waals surface area contributed by atoms with Crippen molar-refractivity contribution in [3.05, 3.63) is 58.1 Å². The zero-order chi connectivity index (χ0) is 14.8. The van der Waals surface area contributed by atoms with Crippen LogP contribution in [0.4, 0.5) is 5.69 Å². The summed E-state index contributed by atoms with van der Waals surface area (Å²) in [6.45, 7) is 6.42. The molecule has 0 heterocycles. The number of aliphatic imine (C=N–C) groups is 1. The Kier molecular flexibility index (Phi) is 4.29. The average Bonchev–Trinajstić information content (AvgIpc) is 2.38. The zero-order valence-corrected chi connectivity index (χ0v) is 13.5. The predicted molar refractivity (Wildman–Crippen MR) is 88.2 cm³/mol. The number of benzene rings is 2. The van der Waals surface area contributed by atoms with E-state index in [-0.39, 0.29) is 11.2 Å². The molecule has 0 radical (unpaired) electrons. The third-order valence-electron chi connectivity index (χ3n) is 3.06. The Labute approximate surface area is 128 Å². The van der Waals surface area contributed by atoms with Crippen molar-refractivity contribution in [3.8, 4) is 5.75 Å². The Morgan fingerprint density at radius 1 is 1.05 bits per heavy atom. The van der Waals surface area contributed by atoms with E-state index >= 15 is 0 Å². The third-order valence-corrected chi connectivity index (χ3v) is 3.59. The molecule has 0 spiro atoms. The van der Waals surface area contributed by atoms with Crippen molar-refractivity contribution in [2.45, 2.75) is 26.2 Å². The minimum absolute atomic E-state index is 0.0373. The van der Waals surface area contributed by atoms with Crippen LogP contribution in [0.3, 0.4) is 0 Å². The van der Waals surface area contributed by atoms with Gasteiger partial charge in [-0.2, -0.15) is 0 Å². The number of hydrogen-bond donors (Lipinski definition) is 1. The second kappa shape index (κ2) is 5.80. The molecule has 1 N–H and O–H groups in total. The molecule has 0 unspecified atom stereocenters. The molecule has 0 fully saturated rings. The monoisotopic (exact) mass is 331 g/mol. The molecular formula is C17H18BrNO. The standard InChI is InChI=1S/C17H18BrNO/c1-17(2,3)13-6-9-16(20)15(10-13)19-11-12-4-7-14(18)8-5-12/h4-11,20H,1-3H3. The van der Waals surface area contributed by atoms with E-state index in [1.165, 1.54) is 0 Å². The average molecular weight is 332 g/mol. The van der Waals surface area contributed by atoms with Gasteiger partial charge in [0.1, 0.15) is 11.4 Å². The van der Waals surface area contributed by atoms with Crippen molar-refractivity contribution in [3.63, 3.8) is 0 Å². The van der Waals surface area contributed by atoms with Crippen LogP contribution in [0.2, 0.25) is 0 Å². The van der Waals surface area contributed by atoms with Crippen LogP contribution in [-0.4, -0.2) is 11.3 Å². The number of phenols is 1. The Morgan fingerprint density at radius 3 is 2.30 bits per heavy atom. The Morgan fingerprint density at radius 2 is 1.70 bits per heavy atom. The van der Waals surface area contributed by atoms with E-state index in [9.17, 15) is 5.11 Å². The number of nitrogens with zero attached hydrogens (tertiary/aromatic N) is 1. The van der Waals surface area contributed by atoms with Gasteiger partial charge in [-0.05, 0) is 40.8 Å². The molecule has 104 valence electrons. The van der Waals surface area contributed by atoms with Crippen molar-refractivity contribution in [2.24, 2.45) is 4.99 Å². The lowest BCUT2D eigenvalue weighted by molar-refractivity contribution is 0.475. The highest BCUT2D eigenvalue weighted by atomic mass is 79.9. The van der Waals surface area contributed by atoms with E-state index < -0.39 is 0 Å². The largest absolute Gasteiger partial charge is 0.506 e. The van der Waals surface area contributed by atoms with Crippen molar-refractivity contribution in [1.29, 1.82) is 0 Å². The number of halogens is 1. The van der Waals surface area contributed by atoms with Crippen LogP contribution >= 0.6 is 15.9 Å². The first-order chi connectivity index (χ1) is 9.36. The summed E-state index contributed by atoms with van der Waals surface area (Å²) in [7, 11) is 0. The van der Waals surface area contributed by atoms with Gasteiger partial charge in [0.2, 0.25) is 0 Å². The lowest BCUT2D eigenvalue weighted by Gasteiger charge is -2.19. The summed E-state index contributed by atoms with van der Waals surface area (Å²) in [6, 6.07) is 13.4. The van der Waals surface area contributed by atoms with Gasteiger partial charge < -0.3 is 5.11 Å². The van der Waals surface area contributed by atoms with Crippen LogP contribution in [-0.2, 0) is 5.41 Å². The lowest BCUT2D eigenvalue weighted by atomic mass is 9.87.